The van der Waals surface area contributed by atoms with Crippen molar-refractivity contribution in [3.8, 4) is 16.9 Å². The molecule has 3 atom stereocenters. The van der Waals surface area contributed by atoms with Gasteiger partial charge in [0.2, 0.25) is 6.29 Å². The molecule has 2 aromatic rings. The largest absolute Gasteiger partial charge is 0.478 e. The number of aliphatic hydroxyl groups is 4. The average Bonchev–Trinajstić information content (AvgIpc) is 2.71. The summed E-state index contributed by atoms with van der Waals surface area (Å²) in [7, 11) is 0. The molecule has 0 aliphatic rings. The van der Waals surface area contributed by atoms with Gasteiger partial charge in [-0.3, -0.25) is 0 Å². The minimum Gasteiger partial charge on any atom is -0.478 e. The summed E-state index contributed by atoms with van der Waals surface area (Å²) in [6, 6.07) is 11.1. The molecule has 0 amide bonds. The van der Waals surface area contributed by atoms with Crippen LogP contribution in [0.5, 0.6) is 5.75 Å². The number of hydrogen-bond donors (Lipinski definition) is 5. The van der Waals surface area contributed by atoms with E-state index >= 15 is 0 Å². The van der Waals surface area contributed by atoms with Crippen molar-refractivity contribution in [3.05, 3.63) is 53.1 Å². The molecule has 9 heteroatoms. The summed E-state index contributed by atoms with van der Waals surface area (Å²) in [6.45, 7) is -1.79. The fraction of sp³-hybridized carbons (Fsp3) is 0.316. The van der Waals surface area contributed by atoms with Crippen LogP contribution in [0.25, 0.3) is 11.1 Å². The smallest absolute Gasteiger partial charge is 0.335 e. The van der Waals surface area contributed by atoms with Gasteiger partial charge in [-0.1, -0.05) is 29.8 Å². The van der Waals surface area contributed by atoms with E-state index in [4.69, 9.17) is 31.3 Å². The Morgan fingerprint density at radius 3 is 2.11 bits per heavy atom. The van der Waals surface area contributed by atoms with Gasteiger partial charge in [-0.15, -0.1) is 0 Å². The Balaban J connectivity index is 2.13. The zero-order chi connectivity index (χ0) is 20.7. The maximum atomic E-state index is 10.9. The molecule has 8 nitrogen and oxygen atoms in total. The number of rotatable bonds is 10. The number of ether oxygens (including phenoxy) is 2. The molecule has 0 spiro atoms. The van der Waals surface area contributed by atoms with Crippen molar-refractivity contribution >= 4 is 17.6 Å². The van der Waals surface area contributed by atoms with Crippen LogP contribution in [-0.4, -0.2) is 69.8 Å². The lowest BCUT2D eigenvalue weighted by Gasteiger charge is -2.25. The van der Waals surface area contributed by atoms with Crippen molar-refractivity contribution in [1.29, 1.82) is 0 Å². The lowest BCUT2D eigenvalue weighted by molar-refractivity contribution is -0.182. The van der Waals surface area contributed by atoms with Crippen molar-refractivity contribution in [2.75, 3.05) is 19.8 Å². The third kappa shape index (κ3) is 5.65. The zero-order valence-corrected chi connectivity index (χ0v) is 15.5. The van der Waals surface area contributed by atoms with Crippen molar-refractivity contribution in [3.63, 3.8) is 0 Å². The van der Waals surface area contributed by atoms with E-state index in [0.717, 1.165) is 11.1 Å². The lowest BCUT2D eigenvalue weighted by Crippen LogP contribution is -2.41. The summed E-state index contributed by atoms with van der Waals surface area (Å²) >= 11 is 6.23. The molecule has 0 radical (unpaired) electrons. The topological polar surface area (TPSA) is 137 Å². The standard InChI is InChI=1S/C19H21ClO8/c20-14-7-13(11-1-3-12(4-2-11)19(25)26)5-6-16(14)27-18(10-23)28-17(9-22)15(24)8-21/h1-7,15,17-18,21-24H,8-10H2,(H,25,26)/t15-,17?,18-/m0/s1. The Labute approximate surface area is 166 Å². The first kappa shape index (κ1) is 22.1. The van der Waals surface area contributed by atoms with Gasteiger partial charge >= 0.3 is 5.97 Å². The SMILES string of the molecule is O=C(O)c1ccc(-c2ccc(O[C@H](CO)OC(CO)[C@@H](O)CO)c(Cl)c2)cc1. The molecule has 152 valence electrons. The summed E-state index contributed by atoms with van der Waals surface area (Å²) in [6.07, 6.45) is -3.71. The Morgan fingerprint density at radius 1 is 0.964 bits per heavy atom. The van der Waals surface area contributed by atoms with Crippen LogP contribution in [-0.2, 0) is 4.74 Å². The van der Waals surface area contributed by atoms with Crippen molar-refractivity contribution in [2.45, 2.75) is 18.5 Å². The van der Waals surface area contributed by atoms with Gasteiger partial charge < -0.3 is 35.0 Å². The van der Waals surface area contributed by atoms with Gasteiger partial charge in [-0.25, -0.2) is 4.79 Å². The Morgan fingerprint density at radius 2 is 1.61 bits per heavy atom. The van der Waals surface area contributed by atoms with E-state index in [1.54, 1.807) is 30.3 Å². The van der Waals surface area contributed by atoms with E-state index < -0.39 is 44.3 Å². The van der Waals surface area contributed by atoms with Gasteiger partial charge in [0.1, 0.15) is 24.6 Å². The number of benzene rings is 2. The highest BCUT2D eigenvalue weighted by Gasteiger charge is 2.24. The second kappa shape index (κ2) is 10.4. The van der Waals surface area contributed by atoms with Crippen LogP contribution in [0.15, 0.2) is 42.5 Å². The van der Waals surface area contributed by atoms with Crippen LogP contribution in [0.1, 0.15) is 10.4 Å². The number of carboxylic acid groups (broad SMARTS) is 1. The summed E-state index contributed by atoms with van der Waals surface area (Å²) in [5.74, 6) is -0.822. The molecule has 0 fully saturated rings. The minimum absolute atomic E-state index is 0.168. The highest BCUT2D eigenvalue weighted by molar-refractivity contribution is 6.32. The molecule has 0 bridgehead atoms. The van der Waals surface area contributed by atoms with Crippen molar-refractivity contribution < 1.29 is 39.8 Å². The van der Waals surface area contributed by atoms with Gasteiger partial charge in [0.25, 0.3) is 0 Å². The molecule has 0 aliphatic heterocycles. The van der Waals surface area contributed by atoms with Gasteiger partial charge in [-0.2, -0.15) is 0 Å². The summed E-state index contributed by atoms with van der Waals surface area (Å²) in [5.41, 5.74) is 1.64. The fourth-order valence-electron chi connectivity index (χ4n) is 2.40. The first-order valence-electron chi connectivity index (χ1n) is 8.35. The average molecular weight is 413 g/mol. The predicted molar refractivity (Wildman–Crippen MR) is 100 cm³/mol. The first-order chi connectivity index (χ1) is 13.4. The first-order valence-corrected chi connectivity index (χ1v) is 8.73. The third-order valence-corrected chi connectivity index (χ3v) is 4.22. The van der Waals surface area contributed by atoms with Gasteiger partial charge in [0.15, 0.2) is 0 Å². The predicted octanol–water partition coefficient (Wildman–Crippen LogP) is 1.13. The molecule has 0 saturated heterocycles. The van der Waals surface area contributed by atoms with Gasteiger partial charge in [0, 0.05) is 0 Å². The fourth-order valence-corrected chi connectivity index (χ4v) is 2.62. The number of aliphatic hydroxyl groups excluding tert-OH is 4. The van der Waals surface area contributed by atoms with Crippen LogP contribution < -0.4 is 4.74 Å². The molecule has 5 N–H and O–H groups in total. The number of halogens is 1. The summed E-state index contributed by atoms with van der Waals surface area (Å²) in [5, 5.41) is 46.3. The van der Waals surface area contributed by atoms with Crippen LogP contribution in [0.2, 0.25) is 5.02 Å². The second-order valence-corrected chi connectivity index (χ2v) is 6.27. The van der Waals surface area contributed by atoms with Crippen LogP contribution in [0, 0.1) is 0 Å². The molecular formula is C19H21ClO8. The molecule has 2 rings (SSSR count). The maximum Gasteiger partial charge on any atom is 0.335 e. The number of hydrogen-bond acceptors (Lipinski definition) is 7. The van der Waals surface area contributed by atoms with Gasteiger partial charge in [-0.05, 0) is 35.4 Å². The highest BCUT2D eigenvalue weighted by atomic mass is 35.5. The van der Waals surface area contributed by atoms with Crippen LogP contribution in [0.4, 0.5) is 0 Å². The number of carbonyl (C=O) groups is 1. The van der Waals surface area contributed by atoms with E-state index in [2.05, 4.69) is 0 Å². The third-order valence-electron chi connectivity index (χ3n) is 3.93. The lowest BCUT2D eigenvalue weighted by atomic mass is 10.0. The summed E-state index contributed by atoms with van der Waals surface area (Å²) < 4.78 is 10.7. The monoisotopic (exact) mass is 412 g/mol. The Bertz CT molecular complexity index is 780. The molecule has 0 aliphatic carbocycles. The van der Waals surface area contributed by atoms with E-state index in [-0.39, 0.29) is 16.3 Å². The van der Waals surface area contributed by atoms with Crippen molar-refractivity contribution in [2.24, 2.45) is 0 Å². The van der Waals surface area contributed by atoms with E-state index in [1.165, 1.54) is 12.1 Å². The molecule has 0 saturated carbocycles. The Hall–Kier alpha value is -2.20. The van der Waals surface area contributed by atoms with Gasteiger partial charge in [0.05, 0.1) is 23.8 Å². The quantitative estimate of drug-likeness (QED) is 0.366. The molecule has 2 aromatic carbocycles. The van der Waals surface area contributed by atoms with Crippen molar-refractivity contribution in [1.82, 2.24) is 0 Å². The number of carboxylic acids is 1. The van der Waals surface area contributed by atoms with E-state index in [9.17, 15) is 20.1 Å². The Kier molecular flexibility index (Phi) is 8.18. The second-order valence-electron chi connectivity index (χ2n) is 5.86. The minimum atomic E-state index is -1.34. The van der Waals surface area contributed by atoms with E-state index in [0.29, 0.717) is 0 Å². The highest BCUT2D eigenvalue weighted by Crippen LogP contribution is 2.31. The number of aromatic carboxylic acids is 1. The van der Waals surface area contributed by atoms with Crippen LogP contribution >= 0.6 is 11.6 Å². The maximum absolute atomic E-state index is 10.9. The summed E-state index contributed by atoms with van der Waals surface area (Å²) in [4.78, 5) is 10.9. The molecule has 0 aromatic heterocycles. The molecular weight excluding hydrogens is 392 g/mol. The van der Waals surface area contributed by atoms with E-state index in [1.807, 2.05) is 0 Å². The molecule has 0 heterocycles. The molecule has 28 heavy (non-hydrogen) atoms. The zero-order valence-electron chi connectivity index (χ0n) is 14.7. The molecule has 1 unspecified atom stereocenters. The van der Waals surface area contributed by atoms with Crippen LogP contribution in [0.3, 0.4) is 0 Å². The normalized spacial score (nSPS) is 14.3.